The van der Waals surface area contributed by atoms with E-state index in [1.165, 1.54) is 24.5 Å². The van der Waals surface area contributed by atoms with Crippen molar-refractivity contribution in [2.75, 3.05) is 76.9 Å². The Balaban J connectivity index is 0.911. The van der Waals surface area contributed by atoms with Crippen LogP contribution in [0.2, 0.25) is 0 Å². The third-order valence-electron chi connectivity index (χ3n) is 11.8. The van der Waals surface area contributed by atoms with Crippen LogP contribution in [0.3, 0.4) is 0 Å². The highest BCUT2D eigenvalue weighted by atomic mass is 32.2. The number of anilines is 1. The minimum Gasteiger partial charge on any atom is -0.451 e. The van der Waals surface area contributed by atoms with Gasteiger partial charge in [-0.25, -0.2) is 14.4 Å². The highest BCUT2D eigenvalue weighted by Crippen LogP contribution is 2.45. The lowest BCUT2D eigenvalue weighted by Gasteiger charge is -2.54. The normalized spacial score (nSPS) is 23.1. The Morgan fingerprint density at radius 2 is 1.64 bits per heavy atom. The van der Waals surface area contributed by atoms with Gasteiger partial charge in [0.2, 0.25) is 0 Å². The van der Waals surface area contributed by atoms with Crippen LogP contribution < -0.4 is 15.0 Å². The van der Waals surface area contributed by atoms with Gasteiger partial charge in [-0.2, -0.15) is 17.0 Å². The van der Waals surface area contributed by atoms with Gasteiger partial charge >= 0.3 is 0 Å². The molecule has 2 aromatic rings. The van der Waals surface area contributed by atoms with E-state index in [9.17, 15) is 17.6 Å². The van der Waals surface area contributed by atoms with Gasteiger partial charge < -0.3 is 24.8 Å². The molecule has 0 aliphatic carbocycles. The molecule has 12 nitrogen and oxygen atoms in total. The molecule has 1 amide bonds. The summed E-state index contributed by atoms with van der Waals surface area (Å²) in [7, 11) is -3.37. The molecule has 2 spiro atoms. The summed E-state index contributed by atoms with van der Waals surface area (Å²) in [6.07, 6.45) is 8.11. The van der Waals surface area contributed by atoms with Crippen molar-refractivity contribution in [2.45, 2.75) is 71.9 Å². The lowest BCUT2D eigenvalue weighted by molar-refractivity contribution is 0.0607. The molecule has 7 rings (SSSR count). The molecular weight excluding hydrogens is 660 g/mol. The van der Waals surface area contributed by atoms with E-state index in [-0.39, 0.29) is 40.1 Å². The van der Waals surface area contributed by atoms with Crippen LogP contribution in [0.1, 0.15) is 70.2 Å². The third kappa shape index (κ3) is 6.98. The molecule has 0 atom stereocenters. The summed E-state index contributed by atoms with van der Waals surface area (Å²) in [5.74, 6) is 1.14. The first kappa shape index (κ1) is 35.5. The van der Waals surface area contributed by atoms with Crippen molar-refractivity contribution >= 4 is 21.9 Å². The molecule has 6 heterocycles. The van der Waals surface area contributed by atoms with Crippen LogP contribution in [-0.4, -0.2) is 127 Å². The van der Waals surface area contributed by atoms with Crippen molar-refractivity contribution in [3.63, 3.8) is 0 Å². The van der Waals surface area contributed by atoms with Crippen LogP contribution in [0.15, 0.2) is 30.7 Å². The SMILES string of the molecule is CC(C)N(C(=O)c1cc(F)ccc1Oc1cncnc1N1CC2(CCN(CC3CCN(S(=O)(=O)N4CCC5(CNC5)C4)CC3)CC2)C1)C(C)C. The van der Waals surface area contributed by atoms with Crippen molar-refractivity contribution in [1.82, 2.24) is 33.7 Å². The van der Waals surface area contributed by atoms with Crippen LogP contribution in [0, 0.1) is 22.6 Å². The molecule has 0 unspecified atom stereocenters. The third-order valence-corrected chi connectivity index (χ3v) is 13.8. The number of carbonyl (C=O) groups excluding carboxylic acids is 1. The van der Waals surface area contributed by atoms with E-state index < -0.39 is 16.0 Å². The van der Waals surface area contributed by atoms with Crippen molar-refractivity contribution in [1.29, 1.82) is 0 Å². The molecule has 1 aromatic carbocycles. The van der Waals surface area contributed by atoms with E-state index in [0.29, 0.717) is 43.7 Å². The Bertz CT molecular complexity index is 1640. The van der Waals surface area contributed by atoms with Gasteiger partial charge in [0.05, 0.1) is 11.8 Å². The lowest BCUT2D eigenvalue weighted by Crippen LogP contribution is -2.61. The van der Waals surface area contributed by atoms with Crippen LogP contribution in [0.4, 0.5) is 10.2 Å². The van der Waals surface area contributed by atoms with Crippen LogP contribution >= 0.6 is 0 Å². The maximum Gasteiger partial charge on any atom is 0.281 e. The minimum absolute atomic E-state index is 0.0627. The number of piperidine rings is 2. The molecule has 0 radical (unpaired) electrons. The first-order valence-electron chi connectivity index (χ1n) is 18.4. The summed E-state index contributed by atoms with van der Waals surface area (Å²) in [6.45, 7) is 17.0. The van der Waals surface area contributed by atoms with E-state index in [1.54, 1.807) is 19.7 Å². The van der Waals surface area contributed by atoms with Crippen LogP contribution in [0.25, 0.3) is 0 Å². The van der Waals surface area contributed by atoms with Gasteiger partial charge in [-0.05, 0) is 97.0 Å². The zero-order valence-corrected chi connectivity index (χ0v) is 30.8. The molecular formula is C36H53FN8O4S. The number of aromatic nitrogens is 2. The summed E-state index contributed by atoms with van der Waals surface area (Å²) in [5.41, 5.74) is 0.553. The largest absolute Gasteiger partial charge is 0.451 e. The second-order valence-corrected chi connectivity index (χ2v) is 18.0. The second-order valence-electron chi connectivity index (χ2n) is 16.0. The number of hydrogen-bond donors (Lipinski definition) is 1. The van der Waals surface area contributed by atoms with Gasteiger partial charge in [0.25, 0.3) is 16.1 Å². The standard InChI is InChI=1S/C36H53FN8O4S/c1-26(2)45(27(3)4)34(46)30-17-29(37)5-6-31(30)49-32-18-38-25-40-33(32)42-22-35(23-42)9-14-41(15-10-35)19-28-7-12-43(13-8-28)50(47,48)44-16-11-36(24-44)20-39-21-36/h5-6,17-18,25-28,39H,7-16,19-24H2,1-4H3. The Kier molecular flexibility index (Phi) is 9.87. The zero-order valence-electron chi connectivity index (χ0n) is 30.0. The Morgan fingerprint density at radius 1 is 0.960 bits per heavy atom. The van der Waals surface area contributed by atoms with Gasteiger partial charge in [0.15, 0.2) is 11.6 Å². The maximum absolute atomic E-state index is 14.4. The monoisotopic (exact) mass is 712 g/mol. The number of hydrogen-bond acceptors (Lipinski definition) is 9. The number of ether oxygens (including phenoxy) is 1. The zero-order chi connectivity index (χ0) is 35.3. The molecule has 1 N–H and O–H groups in total. The highest BCUT2D eigenvalue weighted by Gasteiger charge is 2.49. The number of rotatable bonds is 10. The average molecular weight is 713 g/mol. The predicted octanol–water partition coefficient (Wildman–Crippen LogP) is 3.82. The topological polar surface area (TPSA) is 114 Å². The van der Waals surface area contributed by atoms with E-state index in [0.717, 1.165) is 77.9 Å². The molecule has 5 aliphatic rings. The summed E-state index contributed by atoms with van der Waals surface area (Å²) in [4.78, 5) is 28.9. The summed E-state index contributed by atoms with van der Waals surface area (Å²) >= 11 is 0. The van der Waals surface area contributed by atoms with Crippen LogP contribution in [0.5, 0.6) is 11.5 Å². The van der Waals surface area contributed by atoms with E-state index >= 15 is 0 Å². The first-order valence-corrected chi connectivity index (χ1v) is 19.8. The number of likely N-dealkylation sites (tertiary alicyclic amines) is 1. The number of amides is 1. The number of nitrogens with zero attached hydrogens (tertiary/aromatic N) is 7. The molecule has 50 heavy (non-hydrogen) atoms. The molecule has 5 saturated heterocycles. The van der Waals surface area contributed by atoms with Crippen LogP contribution in [-0.2, 0) is 10.2 Å². The quantitative estimate of drug-likeness (QED) is 0.393. The van der Waals surface area contributed by atoms with E-state index in [1.807, 2.05) is 27.7 Å². The molecule has 14 heteroatoms. The first-order chi connectivity index (χ1) is 23.9. The van der Waals surface area contributed by atoms with Gasteiger partial charge in [-0.15, -0.1) is 0 Å². The van der Waals surface area contributed by atoms with Crippen molar-refractivity contribution in [3.8, 4) is 11.5 Å². The molecule has 0 saturated carbocycles. The number of carbonyl (C=O) groups is 1. The van der Waals surface area contributed by atoms with Gasteiger partial charge in [0.1, 0.15) is 17.9 Å². The summed E-state index contributed by atoms with van der Waals surface area (Å²) in [5, 5.41) is 3.31. The average Bonchev–Trinajstić information content (AvgIpc) is 3.54. The number of benzene rings is 1. The molecule has 5 aliphatic heterocycles. The van der Waals surface area contributed by atoms with Crippen molar-refractivity contribution < 1.29 is 22.3 Å². The molecule has 274 valence electrons. The number of halogens is 1. The summed E-state index contributed by atoms with van der Waals surface area (Å²) in [6, 6.07) is 3.93. The minimum atomic E-state index is -3.37. The predicted molar refractivity (Wildman–Crippen MR) is 190 cm³/mol. The number of nitrogens with one attached hydrogen (secondary N) is 1. The van der Waals surface area contributed by atoms with E-state index in [2.05, 4.69) is 25.1 Å². The van der Waals surface area contributed by atoms with Crippen molar-refractivity contribution in [3.05, 3.63) is 42.1 Å². The Morgan fingerprint density at radius 3 is 2.26 bits per heavy atom. The second kappa shape index (κ2) is 13.9. The fourth-order valence-electron chi connectivity index (χ4n) is 8.85. The van der Waals surface area contributed by atoms with Gasteiger partial charge in [-0.3, -0.25) is 4.79 Å². The maximum atomic E-state index is 14.4. The fraction of sp³-hybridized carbons (Fsp3) is 0.694. The highest BCUT2D eigenvalue weighted by molar-refractivity contribution is 7.86. The van der Waals surface area contributed by atoms with Gasteiger partial charge in [0, 0.05) is 81.8 Å². The Labute approximate surface area is 296 Å². The molecule has 1 aromatic heterocycles. The van der Waals surface area contributed by atoms with Crippen molar-refractivity contribution in [2.24, 2.45) is 16.7 Å². The summed E-state index contributed by atoms with van der Waals surface area (Å²) < 4.78 is 50.9. The Hall–Kier alpha value is -2.91. The molecule has 0 bridgehead atoms. The smallest absolute Gasteiger partial charge is 0.281 e. The lowest BCUT2D eigenvalue weighted by atomic mass is 9.72. The molecule has 5 fully saturated rings. The van der Waals surface area contributed by atoms with Gasteiger partial charge in [-0.1, -0.05) is 0 Å². The van der Waals surface area contributed by atoms with E-state index in [4.69, 9.17) is 4.74 Å². The fourth-order valence-corrected chi connectivity index (χ4v) is 10.6.